The predicted molar refractivity (Wildman–Crippen MR) is 116 cm³/mol. The Kier molecular flexibility index (Phi) is 4.46. The van der Waals surface area contributed by atoms with Gasteiger partial charge in [-0.1, -0.05) is 26.0 Å². The van der Waals surface area contributed by atoms with E-state index in [-0.39, 0.29) is 5.41 Å². The number of nitrogens with zero attached hydrogens (tertiary/aromatic N) is 4. The van der Waals surface area contributed by atoms with Crippen LogP contribution in [-0.4, -0.2) is 31.5 Å². The fraction of sp³-hybridized carbons (Fsp3) is 0.348. The smallest absolute Gasteiger partial charge is 0.229 e. The summed E-state index contributed by atoms with van der Waals surface area (Å²) >= 11 is 0. The van der Waals surface area contributed by atoms with E-state index in [9.17, 15) is 4.21 Å². The highest BCUT2D eigenvalue weighted by Crippen LogP contribution is 2.57. The summed E-state index contributed by atoms with van der Waals surface area (Å²) in [5.74, 6) is 1.32. The molecule has 1 aliphatic carbocycles. The van der Waals surface area contributed by atoms with Gasteiger partial charge in [0.2, 0.25) is 5.95 Å². The number of benzene rings is 1. The summed E-state index contributed by atoms with van der Waals surface area (Å²) in [5, 5.41) is 0. The molecule has 5 nitrogen and oxygen atoms in total. The van der Waals surface area contributed by atoms with Crippen LogP contribution in [0.15, 0.2) is 53.7 Å². The Bertz CT molecular complexity index is 1090. The quantitative estimate of drug-likeness (QED) is 0.630. The van der Waals surface area contributed by atoms with E-state index >= 15 is 0 Å². The van der Waals surface area contributed by atoms with Crippen LogP contribution in [0, 0.1) is 0 Å². The summed E-state index contributed by atoms with van der Waals surface area (Å²) in [7, 11) is -0.966. The van der Waals surface area contributed by atoms with Gasteiger partial charge in [-0.3, -0.25) is 9.19 Å². The van der Waals surface area contributed by atoms with E-state index in [0.29, 0.717) is 11.7 Å². The zero-order valence-corrected chi connectivity index (χ0v) is 17.6. The van der Waals surface area contributed by atoms with Gasteiger partial charge in [-0.05, 0) is 49.1 Å². The van der Waals surface area contributed by atoms with Gasteiger partial charge in [-0.2, -0.15) is 0 Å². The molecule has 1 saturated carbocycles. The van der Waals surface area contributed by atoms with Gasteiger partial charge >= 0.3 is 0 Å². The Labute approximate surface area is 173 Å². The van der Waals surface area contributed by atoms with Crippen LogP contribution in [-0.2, 0) is 22.6 Å². The molecule has 1 unspecified atom stereocenters. The molecule has 1 aliphatic heterocycles. The SMILES string of the molecule is CCc1cccc(-c2cnc(N3CC4(CC4)c4ccc(S(=O)CC)cc43)nc2)n1. The molecular weight excluding hydrogens is 380 g/mol. The van der Waals surface area contributed by atoms with Gasteiger partial charge < -0.3 is 4.90 Å². The van der Waals surface area contributed by atoms with E-state index in [2.05, 4.69) is 38.9 Å². The highest BCUT2D eigenvalue weighted by atomic mass is 32.2. The van der Waals surface area contributed by atoms with Crippen molar-refractivity contribution in [1.82, 2.24) is 15.0 Å². The molecule has 148 valence electrons. The minimum absolute atomic E-state index is 0.223. The largest absolute Gasteiger partial charge is 0.309 e. The van der Waals surface area contributed by atoms with Crippen molar-refractivity contribution in [2.75, 3.05) is 17.2 Å². The third-order valence-corrected chi connectivity index (χ3v) is 7.32. The molecule has 29 heavy (non-hydrogen) atoms. The second kappa shape index (κ2) is 7.02. The number of anilines is 2. The van der Waals surface area contributed by atoms with E-state index in [0.717, 1.165) is 40.5 Å². The lowest BCUT2D eigenvalue weighted by atomic mass is 9.99. The van der Waals surface area contributed by atoms with E-state index in [1.807, 2.05) is 43.6 Å². The summed E-state index contributed by atoms with van der Waals surface area (Å²) in [4.78, 5) is 17.1. The van der Waals surface area contributed by atoms with Crippen LogP contribution in [0.25, 0.3) is 11.3 Å². The molecular formula is C23H24N4OS. The van der Waals surface area contributed by atoms with E-state index in [1.165, 1.54) is 18.4 Å². The Hall–Kier alpha value is -2.60. The summed E-state index contributed by atoms with van der Waals surface area (Å²) < 4.78 is 12.3. The van der Waals surface area contributed by atoms with E-state index < -0.39 is 10.8 Å². The first kappa shape index (κ1) is 18.4. The van der Waals surface area contributed by atoms with Gasteiger partial charge in [0.15, 0.2) is 0 Å². The summed E-state index contributed by atoms with van der Waals surface area (Å²) in [6.07, 6.45) is 7.00. The Balaban J connectivity index is 1.50. The van der Waals surface area contributed by atoms with Crippen molar-refractivity contribution >= 4 is 22.4 Å². The number of pyridine rings is 1. The first-order valence-electron chi connectivity index (χ1n) is 10.2. The molecule has 2 aliphatic rings. The maximum absolute atomic E-state index is 12.3. The van der Waals surface area contributed by atoms with E-state index in [1.54, 1.807) is 0 Å². The van der Waals surface area contributed by atoms with Gasteiger partial charge in [0.25, 0.3) is 0 Å². The maximum Gasteiger partial charge on any atom is 0.229 e. The Morgan fingerprint density at radius 2 is 1.90 bits per heavy atom. The molecule has 1 fully saturated rings. The molecule has 0 amide bonds. The maximum atomic E-state index is 12.3. The highest BCUT2D eigenvalue weighted by molar-refractivity contribution is 7.85. The monoisotopic (exact) mass is 404 g/mol. The van der Waals surface area contributed by atoms with Crippen molar-refractivity contribution < 1.29 is 4.21 Å². The van der Waals surface area contributed by atoms with Gasteiger partial charge in [0, 0.05) is 51.9 Å². The van der Waals surface area contributed by atoms with Crippen LogP contribution in [0.1, 0.15) is 37.9 Å². The fourth-order valence-corrected chi connectivity index (χ4v) is 4.95. The van der Waals surface area contributed by atoms with Gasteiger partial charge in [-0.25, -0.2) is 9.97 Å². The zero-order chi connectivity index (χ0) is 20.0. The second-order valence-electron chi connectivity index (χ2n) is 7.82. The summed E-state index contributed by atoms with van der Waals surface area (Å²) in [6.45, 7) is 4.95. The first-order valence-corrected chi connectivity index (χ1v) is 11.5. The average molecular weight is 405 g/mol. The standard InChI is InChI=1S/C23H24N4OS/c1-3-17-6-5-7-20(26-17)16-13-24-22(25-14-16)27-15-23(10-11-23)19-9-8-18(12-21(19)27)29(28)4-2/h5-9,12-14H,3-4,10-11,15H2,1-2H3. The lowest BCUT2D eigenvalue weighted by Gasteiger charge is -2.18. The average Bonchev–Trinajstić information content (AvgIpc) is 3.49. The molecule has 6 heteroatoms. The van der Waals surface area contributed by atoms with Gasteiger partial charge in [0.05, 0.1) is 16.5 Å². The number of hydrogen-bond donors (Lipinski definition) is 0. The Morgan fingerprint density at radius 3 is 2.59 bits per heavy atom. The lowest BCUT2D eigenvalue weighted by molar-refractivity contribution is 0.684. The van der Waals surface area contributed by atoms with Crippen LogP contribution in [0.4, 0.5) is 11.6 Å². The molecule has 3 heterocycles. The number of rotatable bonds is 5. The summed E-state index contributed by atoms with van der Waals surface area (Å²) in [6, 6.07) is 12.3. The normalized spacial score (nSPS) is 17.4. The van der Waals surface area contributed by atoms with Crippen LogP contribution in [0.3, 0.4) is 0 Å². The van der Waals surface area contributed by atoms with Crippen LogP contribution in [0.5, 0.6) is 0 Å². The van der Waals surface area contributed by atoms with Crippen LogP contribution < -0.4 is 4.90 Å². The number of aryl methyl sites for hydroxylation is 1. The van der Waals surface area contributed by atoms with Crippen molar-refractivity contribution in [2.24, 2.45) is 0 Å². The molecule has 0 saturated heterocycles. The summed E-state index contributed by atoms with van der Waals surface area (Å²) in [5.41, 5.74) is 5.57. The molecule has 0 N–H and O–H groups in total. The van der Waals surface area contributed by atoms with Crippen molar-refractivity contribution in [1.29, 1.82) is 0 Å². The molecule has 1 atom stereocenters. The van der Waals surface area contributed by atoms with Crippen molar-refractivity contribution in [3.05, 3.63) is 60.0 Å². The number of hydrogen-bond acceptors (Lipinski definition) is 5. The minimum Gasteiger partial charge on any atom is -0.309 e. The topological polar surface area (TPSA) is 59.0 Å². The predicted octanol–water partition coefficient (Wildman–Crippen LogP) is 4.41. The minimum atomic E-state index is -0.966. The van der Waals surface area contributed by atoms with Crippen LogP contribution in [0.2, 0.25) is 0 Å². The van der Waals surface area contributed by atoms with Gasteiger partial charge in [-0.15, -0.1) is 0 Å². The molecule has 0 radical (unpaired) electrons. The number of aromatic nitrogens is 3. The molecule has 5 rings (SSSR count). The number of fused-ring (bicyclic) bond motifs is 2. The van der Waals surface area contributed by atoms with Crippen molar-refractivity contribution in [2.45, 2.75) is 43.4 Å². The second-order valence-corrected chi connectivity index (χ2v) is 9.56. The van der Waals surface area contributed by atoms with Crippen molar-refractivity contribution in [3.63, 3.8) is 0 Å². The molecule has 3 aromatic rings. The molecule has 2 aromatic heterocycles. The zero-order valence-electron chi connectivity index (χ0n) is 16.8. The Morgan fingerprint density at radius 1 is 1.10 bits per heavy atom. The fourth-order valence-electron chi connectivity index (χ4n) is 4.15. The van der Waals surface area contributed by atoms with E-state index in [4.69, 9.17) is 0 Å². The lowest BCUT2D eigenvalue weighted by Crippen LogP contribution is -2.21. The highest BCUT2D eigenvalue weighted by Gasteiger charge is 2.52. The molecule has 1 aromatic carbocycles. The van der Waals surface area contributed by atoms with Gasteiger partial charge in [0.1, 0.15) is 0 Å². The van der Waals surface area contributed by atoms with Crippen LogP contribution >= 0.6 is 0 Å². The first-order chi connectivity index (χ1) is 14.1. The third kappa shape index (κ3) is 3.15. The molecule has 1 spiro atoms. The molecule has 0 bridgehead atoms. The van der Waals surface area contributed by atoms with Crippen molar-refractivity contribution in [3.8, 4) is 11.3 Å². The third-order valence-electron chi connectivity index (χ3n) is 6.02.